The zero-order valence-electron chi connectivity index (χ0n) is 25.0. The van der Waals surface area contributed by atoms with Crippen LogP contribution in [0.3, 0.4) is 0 Å². The van der Waals surface area contributed by atoms with Crippen LogP contribution < -0.4 is 0 Å². The Labute approximate surface area is 251 Å². The molecule has 1 aliphatic rings. The van der Waals surface area contributed by atoms with Gasteiger partial charge in [-0.2, -0.15) is 0 Å². The number of fused-ring (bicyclic) bond motifs is 5. The molecule has 0 radical (unpaired) electrons. The van der Waals surface area contributed by atoms with Gasteiger partial charge in [0.05, 0.1) is 0 Å². The molecule has 0 saturated carbocycles. The fraction of sp³-hybridized carbons (Fsp3) is 0.205. The number of hydrogen-bond donors (Lipinski definition) is 0. The van der Waals surface area contributed by atoms with Gasteiger partial charge < -0.3 is 4.42 Å². The molecule has 8 rings (SSSR count). The summed E-state index contributed by atoms with van der Waals surface area (Å²) in [5, 5.41) is 4.42. The number of nitrogens with zero attached hydrogens (tertiary/aromatic N) is 3. The molecule has 0 amide bonds. The smallest absolute Gasteiger partial charge is 0.164 e. The first-order valence-corrected chi connectivity index (χ1v) is 15.1. The van der Waals surface area contributed by atoms with Crippen molar-refractivity contribution in [2.75, 3.05) is 0 Å². The normalized spacial score (nSPS) is 15.6. The average molecular weight is 560 g/mol. The molecule has 7 aromatic rings. The van der Waals surface area contributed by atoms with Gasteiger partial charge in [-0.05, 0) is 69.8 Å². The Morgan fingerprint density at radius 1 is 0.535 bits per heavy atom. The summed E-state index contributed by atoms with van der Waals surface area (Å²) in [5.41, 5.74) is 7.63. The fourth-order valence-corrected chi connectivity index (χ4v) is 6.77. The van der Waals surface area contributed by atoms with Crippen LogP contribution in [0, 0.1) is 0 Å². The summed E-state index contributed by atoms with van der Waals surface area (Å²) < 4.78 is 6.23. The van der Waals surface area contributed by atoms with E-state index in [4.69, 9.17) is 19.4 Å². The Balaban J connectivity index is 1.39. The molecule has 1 aliphatic carbocycles. The van der Waals surface area contributed by atoms with Crippen molar-refractivity contribution in [2.45, 2.75) is 51.4 Å². The number of para-hydroxylation sites is 1. The van der Waals surface area contributed by atoms with E-state index in [2.05, 4.69) is 100 Å². The van der Waals surface area contributed by atoms with Crippen LogP contribution in [0.1, 0.15) is 51.7 Å². The molecule has 43 heavy (non-hydrogen) atoms. The van der Waals surface area contributed by atoms with Gasteiger partial charge >= 0.3 is 0 Å². The standard InChI is InChI=1S/C39H33N3O/c1-38(2)20-21-39(3,4)31-23-27(18-19-30(31)38)36-40-35(26-17-16-24-10-5-6-11-25(24)22-26)41-37(42-36)29-13-9-15-33-34(29)28-12-7-8-14-32(28)43-33/h5-19,22-23H,20-21H2,1-4H3. The largest absolute Gasteiger partial charge is 0.456 e. The van der Waals surface area contributed by atoms with Gasteiger partial charge in [-0.15, -0.1) is 0 Å². The van der Waals surface area contributed by atoms with Gasteiger partial charge in [-0.25, -0.2) is 15.0 Å². The first-order valence-electron chi connectivity index (χ1n) is 15.1. The van der Waals surface area contributed by atoms with E-state index in [0.717, 1.165) is 50.4 Å². The highest BCUT2D eigenvalue weighted by atomic mass is 16.3. The molecular formula is C39H33N3O. The second-order valence-corrected chi connectivity index (χ2v) is 13.2. The highest BCUT2D eigenvalue weighted by Crippen LogP contribution is 2.47. The van der Waals surface area contributed by atoms with E-state index in [9.17, 15) is 0 Å². The van der Waals surface area contributed by atoms with Crippen LogP contribution in [0.2, 0.25) is 0 Å². The fourth-order valence-electron chi connectivity index (χ4n) is 6.77. The van der Waals surface area contributed by atoms with Crippen molar-refractivity contribution in [1.82, 2.24) is 15.0 Å². The van der Waals surface area contributed by atoms with Crippen molar-refractivity contribution in [2.24, 2.45) is 0 Å². The van der Waals surface area contributed by atoms with Crippen molar-refractivity contribution in [3.8, 4) is 34.2 Å². The predicted octanol–water partition coefficient (Wildman–Crippen LogP) is 10.3. The zero-order valence-corrected chi connectivity index (χ0v) is 25.0. The zero-order chi connectivity index (χ0) is 29.3. The van der Waals surface area contributed by atoms with Crippen LogP contribution >= 0.6 is 0 Å². The molecule has 0 atom stereocenters. The molecule has 0 spiro atoms. The maximum absolute atomic E-state index is 6.23. The van der Waals surface area contributed by atoms with Crippen molar-refractivity contribution in [3.63, 3.8) is 0 Å². The number of rotatable bonds is 3. The molecule has 4 heteroatoms. The molecule has 0 bridgehead atoms. The number of furan rings is 1. The summed E-state index contributed by atoms with van der Waals surface area (Å²) >= 11 is 0. The van der Waals surface area contributed by atoms with Crippen LogP contribution in [0.15, 0.2) is 108 Å². The summed E-state index contributed by atoms with van der Waals surface area (Å²) in [4.78, 5) is 15.4. The molecule has 0 fully saturated rings. The predicted molar refractivity (Wildman–Crippen MR) is 176 cm³/mol. The lowest BCUT2D eigenvalue weighted by Crippen LogP contribution is -2.33. The first-order chi connectivity index (χ1) is 20.8. The Bertz CT molecular complexity index is 2200. The number of hydrogen-bond acceptors (Lipinski definition) is 4. The number of benzene rings is 5. The SMILES string of the molecule is CC1(C)CCC(C)(C)c2cc(-c3nc(-c4ccc5ccccc5c4)nc(-c4cccc5oc6ccccc6c45)n3)ccc21. The van der Waals surface area contributed by atoms with Crippen LogP contribution in [0.4, 0.5) is 0 Å². The Hall–Kier alpha value is -4.83. The summed E-state index contributed by atoms with van der Waals surface area (Å²) in [6.07, 6.45) is 2.33. The van der Waals surface area contributed by atoms with E-state index in [-0.39, 0.29) is 10.8 Å². The van der Waals surface area contributed by atoms with Gasteiger partial charge in [-0.3, -0.25) is 0 Å². The molecule has 0 N–H and O–H groups in total. The highest BCUT2D eigenvalue weighted by Gasteiger charge is 2.37. The van der Waals surface area contributed by atoms with Crippen molar-refractivity contribution in [1.29, 1.82) is 0 Å². The molecule has 2 aromatic heterocycles. The van der Waals surface area contributed by atoms with Crippen molar-refractivity contribution < 1.29 is 4.42 Å². The average Bonchev–Trinajstić information content (AvgIpc) is 3.42. The van der Waals surface area contributed by atoms with E-state index in [1.54, 1.807) is 0 Å². The van der Waals surface area contributed by atoms with Crippen LogP contribution in [-0.4, -0.2) is 15.0 Å². The third-order valence-electron chi connectivity index (χ3n) is 9.40. The molecule has 5 aromatic carbocycles. The maximum atomic E-state index is 6.23. The summed E-state index contributed by atoms with van der Waals surface area (Å²) in [5.74, 6) is 1.98. The topological polar surface area (TPSA) is 51.8 Å². The molecule has 2 heterocycles. The third-order valence-corrected chi connectivity index (χ3v) is 9.40. The minimum absolute atomic E-state index is 0.0825. The number of aromatic nitrogens is 3. The lowest BCUT2D eigenvalue weighted by Gasteiger charge is -2.42. The molecule has 4 nitrogen and oxygen atoms in total. The van der Waals surface area contributed by atoms with E-state index in [0.29, 0.717) is 17.5 Å². The maximum Gasteiger partial charge on any atom is 0.164 e. The van der Waals surface area contributed by atoms with Gasteiger partial charge in [0.1, 0.15) is 11.2 Å². The minimum atomic E-state index is 0.0825. The molecule has 0 unspecified atom stereocenters. The van der Waals surface area contributed by atoms with Gasteiger partial charge in [-0.1, -0.05) is 107 Å². The third kappa shape index (κ3) is 4.24. The van der Waals surface area contributed by atoms with Crippen molar-refractivity contribution in [3.05, 3.63) is 114 Å². The van der Waals surface area contributed by atoms with E-state index in [1.165, 1.54) is 22.9 Å². The second-order valence-electron chi connectivity index (χ2n) is 13.2. The monoisotopic (exact) mass is 559 g/mol. The second kappa shape index (κ2) is 9.34. The first kappa shape index (κ1) is 25.8. The highest BCUT2D eigenvalue weighted by molar-refractivity contribution is 6.11. The van der Waals surface area contributed by atoms with Gasteiger partial charge in [0.25, 0.3) is 0 Å². The molecular weight excluding hydrogens is 526 g/mol. The Kier molecular flexibility index (Phi) is 5.61. The molecule has 210 valence electrons. The molecule has 0 saturated heterocycles. The van der Waals surface area contributed by atoms with E-state index >= 15 is 0 Å². The molecule has 0 aliphatic heterocycles. The van der Waals surface area contributed by atoms with Gasteiger partial charge in [0.2, 0.25) is 0 Å². The van der Waals surface area contributed by atoms with E-state index in [1.807, 2.05) is 30.3 Å². The minimum Gasteiger partial charge on any atom is -0.456 e. The summed E-state index contributed by atoms with van der Waals surface area (Å²) in [7, 11) is 0. The Morgan fingerprint density at radius 2 is 1.16 bits per heavy atom. The van der Waals surface area contributed by atoms with Crippen LogP contribution in [0.5, 0.6) is 0 Å². The van der Waals surface area contributed by atoms with E-state index < -0.39 is 0 Å². The van der Waals surface area contributed by atoms with Gasteiger partial charge in [0, 0.05) is 27.5 Å². The van der Waals surface area contributed by atoms with Crippen molar-refractivity contribution >= 4 is 32.7 Å². The lowest BCUT2D eigenvalue weighted by atomic mass is 9.63. The van der Waals surface area contributed by atoms with Crippen LogP contribution in [-0.2, 0) is 10.8 Å². The van der Waals surface area contributed by atoms with Crippen LogP contribution in [0.25, 0.3) is 66.9 Å². The van der Waals surface area contributed by atoms with Gasteiger partial charge in [0.15, 0.2) is 17.5 Å². The summed E-state index contributed by atoms with van der Waals surface area (Å²) in [6.45, 7) is 9.43. The summed E-state index contributed by atoms with van der Waals surface area (Å²) in [6, 6.07) is 35.9. The lowest BCUT2D eigenvalue weighted by molar-refractivity contribution is 0.332. The quantitative estimate of drug-likeness (QED) is 0.216. The Morgan fingerprint density at radius 3 is 1.98 bits per heavy atom.